The van der Waals surface area contributed by atoms with Crippen LogP contribution in [0.2, 0.25) is 0 Å². The number of aromatic nitrogens is 2. The Balaban J connectivity index is 1.64. The van der Waals surface area contributed by atoms with Crippen LogP contribution in [0.5, 0.6) is 5.75 Å². The Morgan fingerprint density at radius 3 is 2.95 bits per heavy atom. The number of furan rings is 1. The van der Waals surface area contributed by atoms with Gasteiger partial charge in [-0.05, 0) is 36.9 Å². The summed E-state index contributed by atoms with van der Waals surface area (Å²) in [6.45, 7) is 1.01. The number of nitrogens with zero attached hydrogens (tertiary/aromatic N) is 2. The lowest BCUT2D eigenvalue weighted by Gasteiger charge is -2.05. The van der Waals surface area contributed by atoms with E-state index in [9.17, 15) is 0 Å². The Kier molecular flexibility index (Phi) is 3.97. The summed E-state index contributed by atoms with van der Waals surface area (Å²) in [6.07, 6.45) is 1.56. The smallest absolute Gasteiger partial charge is 0.283 e. The second-order valence-corrected chi connectivity index (χ2v) is 4.44. The molecule has 0 saturated heterocycles. The van der Waals surface area contributed by atoms with Gasteiger partial charge in [-0.3, -0.25) is 0 Å². The van der Waals surface area contributed by atoms with Gasteiger partial charge in [-0.25, -0.2) is 0 Å². The Morgan fingerprint density at radius 2 is 2.14 bits per heavy atom. The quantitative estimate of drug-likeness (QED) is 0.750. The van der Waals surface area contributed by atoms with Crippen LogP contribution < -0.4 is 10.1 Å². The van der Waals surface area contributed by atoms with Gasteiger partial charge in [0.25, 0.3) is 11.8 Å². The number of hydrogen-bond acceptors (Lipinski definition) is 6. The molecule has 0 aliphatic heterocycles. The summed E-state index contributed by atoms with van der Waals surface area (Å²) >= 11 is 0. The van der Waals surface area contributed by atoms with Crippen LogP contribution in [0.15, 0.2) is 51.5 Å². The number of nitrogens with one attached hydrogen (secondary N) is 1. The molecule has 2 aromatic heterocycles. The summed E-state index contributed by atoms with van der Waals surface area (Å²) in [5, 5.41) is 10.9. The normalized spacial score (nSPS) is 10.7. The topological polar surface area (TPSA) is 73.3 Å². The summed E-state index contributed by atoms with van der Waals surface area (Å²) in [5.74, 6) is 2.06. The highest BCUT2D eigenvalue weighted by atomic mass is 16.5. The van der Waals surface area contributed by atoms with Crippen LogP contribution in [0.3, 0.4) is 0 Å². The molecular weight excluding hydrogens is 270 g/mol. The van der Waals surface area contributed by atoms with Crippen LogP contribution in [0, 0.1) is 0 Å². The largest absolute Gasteiger partial charge is 0.484 e. The molecule has 0 amide bonds. The van der Waals surface area contributed by atoms with Crippen molar-refractivity contribution in [2.45, 2.75) is 13.2 Å². The van der Waals surface area contributed by atoms with E-state index in [0.717, 1.165) is 17.9 Å². The van der Waals surface area contributed by atoms with Gasteiger partial charge in [0.05, 0.1) is 6.26 Å². The molecule has 21 heavy (non-hydrogen) atoms. The van der Waals surface area contributed by atoms with Gasteiger partial charge in [0, 0.05) is 6.54 Å². The molecule has 0 atom stereocenters. The van der Waals surface area contributed by atoms with Gasteiger partial charge in [-0.1, -0.05) is 12.1 Å². The van der Waals surface area contributed by atoms with Gasteiger partial charge in [0.15, 0.2) is 12.4 Å². The highest BCUT2D eigenvalue weighted by Gasteiger charge is 2.11. The maximum absolute atomic E-state index is 5.66. The van der Waals surface area contributed by atoms with Crippen molar-refractivity contribution >= 4 is 0 Å². The van der Waals surface area contributed by atoms with E-state index in [1.54, 1.807) is 18.4 Å². The van der Waals surface area contributed by atoms with Crippen molar-refractivity contribution in [2.24, 2.45) is 0 Å². The van der Waals surface area contributed by atoms with Crippen molar-refractivity contribution in [3.8, 4) is 17.4 Å². The molecule has 2 heterocycles. The molecule has 108 valence electrons. The zero-order chi connectivity index (χ0) is 14.5. The zero-order valence-electron chi connectivity index (χ0n) is 11.6. The first-order valence-electron chi connectivity index (χ1n) is 6.58. The number of rotatable bonds is 6. The second kappa shape index (κ2) is 6.23. The molecule has 1 N–H and O–H groups in total. The molecule has 0 bridgehead atoms. The summed E-state index contributed by atoms with van der Waals surface area (Å²) in [6, 6.07) is 11.4. The minimum atomic E-state index is 0.219. The standard InChI is InChI=1S/C15H15N3O3/c1-16-9-11-4-2-5-12(8-11)20-10-14-17-18-15(21-14)13-6-3-7-19-13/h2-8,16H,9-10H2,1H3. The minimum Gasteiger partial charge on any atom is -0.484 e. The van der Waals surface area contributed by atoms with Crippen molar-refractivity contribution in [2.75, 3.05) is 7.05 Å². The highest BCUT2D eigenvalue weighted by molar-refractivity contribution is 5.42. The average molecular weight is 285 g/mol. The minimum absolute atomic E-state index is 0.219. The average Bonchev–Trinajstić information content (AvgIpc) is 3.17. The molecular formula is C15H15N3O3. The number of benzene rings is 1. The van der Waals surface area contributed by atoms with E-state index in [-0.39, 0.29) is 6.61 Å². The number of ether oxygens (including phenoxy) is 1. The first-order valence-corrected chi connectivity index (χ1v) is 6.58. The van der Waals surface area contributed by atoms with E-state index >= 15 is 0 Å². The Hall–Kier alpha value is -2.60. The van der Waals surface area contributed by atoms with Gasteiger partial charge in [-0.15, -0.1) is 10.2 Å². The SMILES string of the molecule is CNCc1cccc(OCc2nnc(-c3ccco3)o2)c1. The van der Waals surface area contributed by atoms with E-state index in [2.05, 4.69) is 15.5 Å². The molecule has 0 spiro atoms. The molecule has 0 aliphatic rings. The summed E-state index contributed by atoms with van der Waals surface area (Å²) in [5.41, 5.74) is 1.15. The van der Waals surface area contributed by atoms with Gasteiger partial charge >= 0.3 is 0 Å². The van der Waals surface area contributed by atoms with Crippen LogP contribution in [0.4, 0.5) is 0 Å². The van der Waals surface area contributed by atoms with Crippen LogP contribution in [0.25, 0.3) is 11.7 Å². The van der Waals surface area contributed by atoms with E-state index in [4.69, 9.17) is 13.6 Å². The lowest BCUT2D eigenvalue weighted by molar-refractivity contribution is 0.263. The molecule has 0 radical (unpaired) electrons. The van der Waals surface area contributed by atoms with Crippen molar-refractivity contribution in [1.29, 1.82) is 0 Å². The fraction of sp³-hybridized carbons (Fsp3) is 0.200. The van der Waals surface area contributed by atoms with E-state index in [1.807, 2.05) is 31.3 Å². The van der Waals surface area contributed by atoms with E-state index in [1.165, 1.54) is 0 Å². The maximum Gasteiger partial charge on any atom is 0.283 e. The Morgan fingerprint density at radius 1 is 1.19 bits per heavy atom. The summed E-state index contributed by atoms with van der Waals surface area (Å²) in [7, 11) is 1.90. The molecule has 3 rings (SSSR count). The molecule has 6 nitrogen and oxygen atoms in total. The summed E-state index contributed by atoms with van der Waals surface area (Å²) < 4.78 is 16.3. The molecule has 3 aromatic rings. The van der Waals surface area contributed by atoms with Crippen molar-refractivity contribution in [3.63, 3.8) is 0 Å². The Bertz CT molecular complexity index is 692. The van der Waals surface area contributed by atoms with Crippen molar-refractivity contribution < 1.29 is 13.6 Å². The van der Waals surface area contributed by atoms with Crippen molar-refractivity contribution in [1.82, 2.24) is 15.5 Å². The third-order valence-corrected chi connectivity index (χ3v) is 2.84. The summed E-state index contributed by atoms with van der Waals surface area (Å²) in [4.78, 5) is 0. The molecule has 0 saturated carbocycles. The zero-order valence-corrected chi connectivity index (χ0v) is 11.6. The van der Waals surface area contributed by atoms with Gasteiger partial charge < -0.3 is 18.9 Å². The fourth-order valence-corrected chi connectivity index (χ4v) is 1.91. The third-order valence-electron chi connectivity index (χ3n) is 2.84. The lowest BCUT2D eigenvalue weighted by atomic mass is 10.2. The second-order valence-electron chi connectivity index (χ2n) is 4.44. The first kappa shape index (κ1) is 13.4. The third kappa shape index (κ3) is 3.29. The highest BCUT2D eigenvalue weighted by Crippen LogP contribution is 2.19. The van der Waals surface area contributed by atoms with Gasteiger partial charge in [0.2, 0.25) is 0 Å². The maximum atomic E-state index is 5.66. The predicted octanol–water partition coefficient (Wildman–Crippen LogP) is 2.63. The van der Waals surface area contributed by atoms with Crippen LogP contribution >= 0.6 is 0 Å². The molecule has 1 aromatic carbocycles. The molecule has 0 aliphatic carbocycles. The van der Waals surface area contributed by atoms with Gasteiger partial charge in [-0.2, -0.15) is 0 Å². The molecule has 6 heteroatoms. The molecule has 0 fully saturated rings. The van der Waals surface area contributed by atoms with Crippen LogP contribution in [0.1, 0.15) is 11.5 Å². The Labute approximate surface area is 121 Å². The van der Waals surface area contributed by atoms with Crippen molar-refractivity contribution in [3.05, 3.63) is 54.1 Å². The number of hydrogen-bond donors (Lipinski definition) is 1. The fourth-order valence-electron chi connectivity index (χ4n) is 1.91. The lowest BCUT2D eigenvalue weighted by Crippen LogP contribution is -2.05. The van der Waals surface area contributed by atoms with E-state index < -0.39 is 0 Å². The predicted molar refractivity (Wildman–Crippen MR) is 75.5 cm³/mol. The van der Waals surface area contributed by atoms with Crippen LogP contribution in [-0.2, 0) is 13.2 Å². The first-order chi connectivity index (χ1) is 10.3. The monoisotopic (exact) mass is 285 g/mol. The van der Waals surface area contributed by atoms with E-state index in [0.29, 0.717) is 17.5 Å². The van der Waals surface area contributed by atoms with Gasteiger partial charge in [0.1, 0.15) is 5.75 Å². The molecule has 0 unspecified atom stereocenters. The van der Waals surface area contributed by atoms with Crippen LogP contribution in [-0.4, -0.2) is 17.2 Å².